The largest absolute Gasteiger partial charge is 0.356 e. The van der Waals surface area contributed by atoms with Gasteiger partial charge < -0.3 is 9.64 Å². The maximum Gasteiger partial charge on any atom is 0.346 e. The first kappa shape index (κ1) is 20.2. The number of nitro benzene ring substituents is 1. The second kappa shape index (κ2) is 6.82. The number of benzene rings is 1. The topological polar surface area (TPSA) is 108 Å². The van der Waals surface area contributed by atoms with Crippen LogP contribution in [0.1, 0.15) is 39.7 Å². The molecular weight excluding hydrogens is 368 g/mol. The third-order valence-corrected chi connectivity index (χ3v) is 5.94. The van der Waals surface area contributed by atoms with E-state index in [0.29, 0.717) is 18.6 Å². The zero-order valence-corrected chi connectivity index (χ0v) is 16.4. The van der Waals surface area contributed by atoms with Crippen LogP contribution >= 0.6 is 0 Å². The second-order valence-corrected chi connectivity index (χ2v) is 8.11. The van der Waals surface area contributed by atoms with Gasteiger partial charge >= 0.3 is 5.97 Å². The van der Waals surface area contributed by atoms with Gasteiger partial charge in [-0.3, -0.25) is 19.8 Å². The fourth-order valence-electron chi connectivity index (χ4n) is 4.05. The number of amides is 1. The summed E-state index contributed by atoms with van der Waals surface area (Å²) < 4.78 is 5.70. The third kappa shape index (κ3) is 3.14. The Morgan fingerprint density at radius 3 is 2.50 bits per heavy atom. The fraction of sp³-hybridized carbons (Fsp3) is 0.579. The first-order valence-corrected chi connectivity index (χ1v) is 9.06. The van der Waals surface area contributed by atoms with Crippen LogP contribution in [0.3, 0.4) is 0 Å². The SMILES string of the molecule is CC1(C)OCCC2(C)N1C(=O)C2(C)COOC(=O)Cc1ccc([N+](=O)[O-])cc1. The van der Waals surface area contributed by atoms with Crippen molar-refractivity contribution >= 4 is 17.6 Å². The second-order valence-electron chi connectivity index (χ2n) is 8.11. The van der Waals surface area contributed by atoms with Crippen molar-refractivity contribution in [3.8, 4) is 0 Å². The molecule has 1 aromatic carbocycles. The van der Waals surface area contributed by atoms with Crippen LogP contribution in [0, 0.1) is 15.5 Å². The number of rotatable bonds is 6. The summed E-state index contributed by atoms with van der Waals surface area (Å²) in [5.41, 5.74) is -1.44. The van der Waals surface area contributed by atoms with Gasteiger partial charge in [-0.15, -0.1) is 0 Å². The lowest BCUT2D eigenvalue weighted by atomic mass is 9.59. The highest BCUT2D eigenvalue weighted by atomic mass is 17.2. The van der Waals surface area contributed by atoms with E-state index in [2.05, 4.69) is 0 Å². The lowest BCUT2D eigenvalue weighted by Crippen LogP contribution is -2.83. The number of carbonyl (C=O) groups excluding carboxylic acids is 2. The number of non-ortho nitro benzene ring substituents is 1. The molecule has 9 nitrogen and oxygen atoms in total. The molecule has 2 saturated heterocycles. The Hall–Kier alpha value is -2.52. The summed E-state index contributed by atoms with van der Waals surface area (Å²) in [5.74, 6) is -0.746. The minimum atomic E-state index is -0.818. The van der Waals surface area contributed by atoms with E-state index in [1.807, 2.05) is 20.8 Å². The quantitative estimate of drug-likeness (QED) is 0.316. The molecule has 1 aromatic rings. The van der Waals surface area contributed by atoms with Crippen LogP contribution in [-0.2, 0) is 30.5 Å². The monoisotopic (exact) mass is 392 g/mol. The molecule has 2 aliphatic rings. The van der Waals surface area contributed by atoms with Gasteiger partial charge in [0.15, 0.2) is 0 Å². The molecule has 0 saturated carbocycles. The summed E-state index contributed by atoms with van der Waals surface area (Å²) in [4.78, 5) is 46.6. The van der Waals surface area contributed by atoms with Crippen LogP contribution in [-0.4, -0.2) is 46.2 Å². The van der Waals surface area contributed by atoms with E-state index in [-0.39, 0.29) is 24.6 Å². The van der Waals surface area contributed by atoms with Gasteiger partial charge in [-0.05, 0) is 39.7 Å². The van der Waals surface area contributed by atoms with Gasteiger partial charge in [-0.25, -0.2) is 4.79 Å². The number of hydrogen-bond acceptors (Lipinski definition) is 7. The van der Waals surface area contributed by atoms with Gasteiger partial charge in [0.1, 0.15) is 12.3 Å². The van der Waals surface area contributed by atoms with Gasteiger partial charge in [0.25, 0.3) is 5.69 Å². The van der Waals surface area contributed by atoms with E-state index in [1.54, 1.807) is 11.8 Å². The Balaban J connectivity index is 1.55. The molecule has 9 heteroatoms. The minimum absolute atomic E-state index is 0.0537. The molecule has 0 N–H and O–H groups in total. The van der Waals surface area contributed by atoms with Crippen molar-refractivity contribution < 1.29 is 29.0 Å². The summed E-state index contributed by atoms with van der Waals surface area (Å²) >= 11 is 0. The first-order chi connectivity index (χ1) is 13.0. The molecule has 2 aliphatic heterocycles. The minimum Gasteiger partial charge on any atom is -0.356 e. The van der Waals surface area contributed by atoms with Gasteiger partial charge in [0, 0.05) is 12.1 Å². The molecule has 2 fully saturated rings. The standard InChI is InChI=1S/C19H24N2O7/c1-17(2)20-16(23)18(3,19(20,4)9-10-26-17)12-27-28-15(22)11-13-5-7-14(8-6-13)21(24)25/h5-8H,9-12H2,1-4H3. The summed E-state index contributed by atoms with van der Waals surface area (Å²) in [6, 6.07) is 5.61. The highest BCUT2D eigenvalue weighted by Crippen LogP contribution is 2.56. The summed E-state index contributed by atoms with van der Waals surface area (Å²) in [6.45, 7) is 7.97. The molecule has 0 bridgehead atoms. The predicted octanol–water partition coefficient (Wildman–Crippen LogP) is 2.38. The lowest BCUT2D eigenvalue weighted by molar-refractivity contribution is -0.384. The molecule has 0 aromatic heterocycles. The molecule has 2 atom stereocenters. The van der Waals surface area contributed by atoms with Gasteiger partial charge in [-0.2, -0.15) is 4.89 Å². The van der Waals surface area contributed by atoms with E-state index >= 15 is 0 Å². The van der Waals surface area contributed by atoms with Crippen molar-refractivity contribution in [1.82, 2.24) is 4.90 Å². The number of nitro groups is 1. The molecule has 2 unspecified atom stereocenters. The molecular formula is C19H24N2O7. The summed E-state index contributed by atoms with van der Waals surface area (Å²) in [6.07, 6.45) is 0.575. The lowest BCUT2D eigenvalue weighted by Gasteiger charge is -2.68. The van der Waals surface area contributed by atoms with Crippen molar-refractivity contribution in [2.75, 3.05) is 13.2 Å². The summed E-state index contributed by atoms with van der Waals surface area (Å²) in [5, 5.41) is 10.7. The Bertz CT molecular complexity index is 807. The van der Waals surface area contributed by atoms with Gasteiger partial charge in [-0.1, -0.05) is 12.1 Å². The fourth-order valence-corrected chi connectivity index (χ4v) is 4.05. The average molecular weight is 392 g/mol. The predicted molar refractivity (Wildman–Crippen MR) is 96.9 cm³/mol. The van der Waals surface area contributed by atoms with Crippen molar-refractivity contribution in [1.29, 1.82) is 0 Å². The van der Waals surface area contributed by atoms with Crippen LogP contribution < -0.4 is 0 Å². The Labute approximate surface area is 162 Å². The van der Waals surface area contributed by atoms with Crippen molar-refractivity contribution in [3.05, 3.63) is 39.9 Å². The van der Waals surface area contributed by atoms with Crippen molar-refractivity contribution in [3.63, 3.8) is 0 Å². The Morgan fingerprint density at radius 1 is 1.25 bits per heavy atom. The number of ether oxygens (including phenoxy) is 1. The van der Waals surface area contributed by atoms with E-state index in [4.69, 9.17) is 14.5 Å². The van der Waals surface area contributed by atoms with E-state index in [9.17, 15) is 19.7 Å². The van der Waals surface area contributed by atoms with Crippen LogP contribution in [0.2, 0.25) is 0 Å². The average Bonchev–Trinajstić information content (AvgIpc) is 2.61. The first-order valence-electron chi connectivity index (χ1n) is 9.06. The molecule has 0 radical (unpaired) electrons. The number of carbonyl (C=O) groups is 2. The zero-order valence-electron chi connectivity index (χ0n) is 16.4. The number of hydrogen-bond donors (Lipinski definition) is 0. The molecule has 28 heavy (non-hydrogen) atoms. The molecule has 2 heterocycles. The number of fused-ring (bicyclic) bond motifs is 1. The molecule has 152 valence electrons. The van der Waals surface area contributed by atoms with Crippen LogP contribution in [0.25, 0.3) is 0 Å². The molecule has 0 aliphatic carbocycles. The molecule has 1 amide bonds. The van der Waals surface area contributed by atoms with Gasteiger partial charge in [0.2, 0.25) is 5.91 Å². The number of nitrogens with zero attached hydrogens (tertiary/aromatic N) is 2. The van der Waals surface area contributed by atoms with E-state index < -0.39 is 27.6 Å². The maximum absolute atomic E-state index is 12.8. The van der Waals surface area contributed by atoms with E-state index in [0.717, 1.165) is 0 Å². The smallest absolute Gasteiger partial charge is 0.346 e. The van der Waals surface area contributed by atoms with E-state index in [1.165, 1.54) is 24.3 Å². The Kier molecular flexibility index (Phi) is 4.93. The van der Waals surface area contributed by atoms with Crippen LogP contribution in [0.15, 0.2) is 24.3 Å². The van der Waals surface area contributed by atoms with Gasteiger partial charge in [0.05, 0.1) is 28.9 Å². The highest BCUT2D eigenvalue weighted by molar-refractivity contribution is 5.92. The van der Waals surface area contributed by atoms with Crippen LogP contribution in [0.5, 0.6) is 0 Å². The maximum atomic E-state index is 12.8. The summed E-state index contributed by atoms with van der Waals surface area (Å²) in [7, 11) is 0. The molecule has 0 spiro atoms. The number of β-lactam (4-membered cyclic amide) rings is 1. The molecule has 3 rings (SSSR count). The normalized spacial score (nSPS) is 28.3. The highest BCUT2D eigenvalue weighted by Gasteiger charge is 2.71. The zero-order chi connectivity index (χ0) is 20.7. The van der Waals surface area contributed by atoms with Crippen molar-refractivity contribution in [2.45, 2.75) is 51.8 Å². The van der Waals surface area contributed by atoms with Crippen molar-refractivity contribution in [2.24, 2.45) is 5.41 Å². The third-order valence-electron chi connectivity index (χ3n) is 5.94. The van der Waals surface area contributed by atoms with Crippen LogP contribution in [0.4, 0.5) is 5.69 Å². The Morgan fingerprint density at radius 2 is 1.89 bits per heavy atom.